The first-order valence-corrected chi connectivity index (χ1v) is 7.08. The molecule has 0 amide bonds. The number of thiazole rings is 1. The molecule has 3 heterocycles. The van der Waals surface area contributed by atoms with Crippen LogP contribution < -0.4 is 0 Å². The SMILES string of the molecule is CN1CCN(Cc2scnc2-c2ccco2)CC1. The van der Waals surface area contributed by atoms with Crippen molar-refractivity contribution in [1.29, 1.82) is 0 Å². The number of hydrogen-bond acceptors (Lipinski definition) is 5. The highest BCUT2D eigenvalue weighted by Gasteiger charge is 2.18. The molecular weight excluding hydrogens is 246 g/mol. The summed E-state index contributed by atoms with van der Waals surface area (Å²) in [5, 5.41) is 0. The van der Waals surface area contributed by atoms with E-state index in [9.17, 15) is 0 Å². The molecule has 0 bridgehead atoms. The van der Waals surface area contributed by atoms with E-state index in [-0.39, 0.29) is 0 Å². The Morgan fingerprint density at radius 1 is 1.33 bits per heavy atom. The molecule has 0 saturated carbocycles. The van der Waals surface area contributed by atoms with Crippen molar-refractivity contribution in [2.45, 2.75) is 6.54 Å². The lowest BCUT2D eigenvalue weighted by Gasteiger charge is -2.32. The van der Waals surface area contributed by atoms with Gasteiger partial charge in [-0.25, -0.2) is 4.98 Å². The van der Waals surface area contributed by atoms with Gasteiger partial charge in [-0.3, -0.25) is 4.90 Å². The second-order valence-corrected chi connectivity index (χ2v) is 5.62. The van der Waals surface area contributed by atoms with Gasteiger partial charge in [0.2, 0.25) is 0 Å². The zero-order valence-electron chi connectivity index (χ0n) is 10.5. The summed E-state index contributed by atoms with van der Waals surface area (Å²) in [6.07, 6.45) is 1.70. The average Bonchev–Trinajstić information content (AvgIpc) is 3.02. The Balaban J connectivity index is 1.72. The number of aromatic nitrogens is 1. The van der Waals surface area contributed by atoms with Crippen LogP contribution in [0.15, 0.2) is 28.3 Å². The molecule has 2 aromatic rings. The largest absolute Gasteiger partial charge is 0.463 e. The maximum atomic E-state index is 5.44. The first kappa shape index (κ1) is 11.9. The molecule has 5 heteroatoms. The van der Waals surface area contributed by atoms with Crippen molar-refractivity contribution in [1.82, 2.24) is 14.8 Å². The predicted octanol–water partition coefficient (Wildman–Crippen LogP) is 2.15. The highest BCUT2D eigenvalue weighted by molar-refractivity contribution is 7.10. The Morgan fingerprint density at radius 2 is 2.17 bits per heavy atom. The summed E-state index contributed by atoms with van der Waals surface area (Å²) >= 11 is 1.72. The van der Waals surface area contributed by atoms with Gasteiger partial charge < -0.3 is 9.32 Å². The molecule has 1 fully saturated rings. The maximum Gasteiger partial charge on any atom is 0.153 e. The summed E-state index contributed by atoms with van der Waals surface area (Å²) in [7, 11) is 2.18. The lowest BCUT2D eigenvalue weighted by atomic mass is 10.2. The van der Waals surface area contributed by atoms with Gasteiger partial charge in [0.1, 0.15) is 5.69 Å². The fourth-order valence-electron chi connectivity index (χ4n) is 2.21. The summed E-state index contributed by atoms with van der Waals surface area (Å²) in [6, 6.07) is 3.89. The smallest absolute Gasteiger partial charge is 0.153 e. The van der Waals surface area contributed by atoms with E-state index in [1.807, 2.05) is 17.6 Å². The molecule has 0 atom stereocenters. The van der Waals surface area contributed by atoms with Gasteiger partial charge in [0, 0.05) is 37.6 Å². The second kappa shape index (κ2) is 5.22. The van der Waals surface area contributed by atoms with Gasteiger partial charge in [0.25, 0.3) is 0 Å². The number of nitrogens with zero attached hydrogens (tertiary/aromatic N) is 3. The lowest BCUT2D eigenvalue weighted by molar-refractivity contribution is 0.149. The third-order valence-corrected chi connectivity index (χ3v) is 4.18. The van der Waals surface area contributed by atoms with Gasteiger partial charge in [-0.05, 0) is 19.2 Å². The molecule has 1 aliphatic rings. The van der Waals surface area contributed by atoms with Crippen molar-refractivity contribution in [3.05, 3.63) is 28.8 Å². The summed E-state index contributed by atoms with van der Waals surface area (Å²) in [4.78, 5) is 10.6. The monoisotopic (exact) mass is 263 g/mol. The van der Waals surface area contributed by atoms with E-state index in [2.05, 4.69) is 21.8 Å². The Bertz CT molecular complexity index is 486. The number of hydrogen-bond donors (Lipinski definition) is 0. The van der Waals surface area contributed by atoms with Crippen LogP contribution >= 0.6 is 11.3 Å². The minimum atomic E-state index is 0.875. The van der Waals surface area contributed by atoms with Gasteiger partial charge in [-0.2, -0.15) is 0 Å². The molecule has 4 nitrogen and oxygen atoms in total. The number of piperazine rings is 1. The first-order chi connectivity index (χ1) is 8.83. The Hall–Kier alpha value is -1.17. The number of rotatable bonds is 3. The number of likely N-dealkylation sites (N-methyl/N-ethyl adjacent to an activating group) is 1. The maximum absolute atomic E-state index is 5.44. The third-order valence-electron chi connectivity index (χ3n) is 3.36. The molecule has 0 radical (unpaired) electrons. The van der Waals surface area contributed by atoms with Crippen molar-refractivity contribution in [2.24, 2.45) is 0 Å². The lowest BCUT2D eigenvalue weighted by Crippen LogP contribution is -2.43. The zero-order valence-corrected chi connectivity index (χ0v) is 11.3. The van der Waals surface area contributed by atoms with Crippen molar-refractivity contribution in [2.75, 3.05) is 33.2 Å². The Morgan fingerprint density at radius 3 is 2.89 bits per heavy atom. The van der Waals surface area contributed by atoms with Crippen LogP contribution in [-0.4, -0.2) is 48.0 Å². The molecule has 96 valence electrons. The molecule has 1 saturated heterocycles. The fourth-order valence-corrected chi connectivity index (χ4v) is 3.01. The Labute approximate surface area is 111 Å². The van der Waals surface area contributed by atoms with Crippen LogP contribution in [0.5, 0.6) is 0 Å². The summed E-state index contributed by atoms with van der Waals surface area (Å²) in [5.74, 6) is 0.875. The van der Waals surface area contributed by atoms with Crippen LogP contribution in [-0.2, 0) is 6.54 Å². The van der Waals surface area contributed by atoms with Gasteiger partial charge in [0.05, 0.1) is 11.8 Å². The molecule has 18 heavy (non-hydrogen) atoms. The highest BCUT2D eigenvalue weighted by atomic mass is 32.1. The molecule has 0 spiro atoms. The quantitative estimate of drug-likeness (QED) is 0.849. The molecule has 1 aliphatic heterocycles. The van der Waals surface area contributed by atoms with Crippen LogP contribution in [0.1, 0.15) is 4.88 Å². The fraction of sp³-hybridized carbons (Fsp3) is 0.462. The van der Waals surface area contributed by atoms with E-state index in [1.54, 1.807) is 17.6 Å². The van der Waals surface area contributed by atoms with Crippen LogP contribution in [0.3, 0.4) is 0 Å². The predicted molar refractivity (Wildman–Crippen MR) is 72.6 cm³/mol. The van der Waals surface area contributed by atoms with E-state index in [1.165, 1.54) is 4.88 Å². The van der Waals surface area contributed by atoms with E-state index in [4.69, 9.17) is 4.42 Å². The van der Waals surface area contributed by atoms with Crippen molar-refractivity contribution < 1.29 is 4.42 Å². The van der Waals surface area contributed by atoms with Crippen molar-refractivity contribution >= 4 is 11.3 Å². The van der Waals surface area contributed by atoms with E-state index in [0.29, 0.717) is 0 Å². The highest BCUT2D eigenvalue weighted by Crippen LogP contribution is 2.27. The summed E-state index contributed by atoms with van der Waals surface area (Å²) in [6.45, 7) is 5.54. The molecule has 0 unspecified atom stereocenters. The average molecular weight is 263 g/mol. The third kappa shape index (κ3) is 2.48. The first-order valence-electron chi connectivity index (χ1n) is 6.20. The van der Waals surface area contributed by atoms with E-state index in [0.717, 1.165) is 44.2 Å². The molecule has 0 aromatic carbocycles. The number of furan rings is 1. The van der Waals surface area contributed by atoms with Crippen LogP contribution in [0.2, 0.25) is 0 Å². The van der Waals surface area contributed by atoms with Crippen molar-refractivity contribution in [3.8, 4) is 11.5 Å². The van der Waals surface area contributed by atoms with Gasteiger partial charge in [0.15, 0.2) is 5.76 Å². The molecule has 0 N–H and O–H groups in total. The minimum absolute atomic E-state index is 0.875. The molecule has 2 aromatic heterocycles. The van der Waals surface area contributed by atoms with E-state index >= 15 is 0 Å². The summed E-state index contributed by atoms with van der Waals surface area (Å²) in [5.41, 5.74) is 2.91. The van der Waals surface area contributed by atoms with Crippen molar-refractivity contribution in [3.63, 3.8) is 0 Å². The van der Waals surface area contributed by atoms with Gasteiger partial charge in [-0.15, -0.1) is 11.3 Å². The normalized spacial score (nSPS) is 18.3. The summed E-state index contributed by atoms with van der Waals surface area (Å²) < 4.78 is 5.44. The Kier molecular flexibility index (Phi) is 3.45. The standard InChI is InChI=1S/C13H17N3OS/c1-15-4-6-16(7-5-15)9-12-13(14-10-18-12)11-3-2-8-17-11/h2-3,8,10H,4-7,9H2,1H3. The van der Waals surface area contributed by atoms with Crippen LogP contribution in [0.4, 0.5) is 0 Å². The molecular formula is C13H17N3OS. The van der Waals surface area contributed by atoms with Gasteiger partial charge >= 0.3 is 0 Å². The van der Waals surface area contributed by atoms with E-state index < -0.39 is 0 Å². The minimum Gasteiger partial charge on any atom is -0.463 e. The topological polar surface area (TPSA) is 32.5 Å². The second-order valence-electron chi connectivity index (χ2n) is 4.68. The van der Waals surface area contributed by atoms with Crippen LogP contribution in [0, 0.1) is 0 Å². The molecule has 0 aliphatic carbocycles. The van der Waals surface area contributed by atoms with Crippen LogP contribution in [0.25, 0.3) is 11.5 Å². The zero-order chi connectivity index (χ0) is 12.4. The van der Waals surface area contributed by atoms with Gasteiger partial charge in [-0.1, -0.05) is 0 Å². The molecule has 3 rings (SSSR count).